The van der Waals surface area contributed by atoms with Crippen molar-refractivity contribution in [3.8, 4) is 28.7 Å². The molecule has 0 aromatic heterocycles. The number of carbonyl (C=O) groups excluding carboxylic acids is 2. The Hall–Kier alpha value is -4.05. The average molecular weight is 539 g/mol. The molecule has 2 amide bonds. The molecule has 1 atom stereocenters. The van der Waals surface area contributed by atoms with Gasteiger partial charge in [-0.2, -0.15) is 0 Å². The van der Waals surface area contributed by atoms with E-state index in [9.17, 15) is 9.59 Å². The fourth-order valence-corrected chi connectivity index (χ4v) is 5.52. The van der Waals surface area contributed by atoms with Crippen LogP contribution in [0, 0.1) is 0 Å². The summed E-state index contributed by atoms with van der Waals surface area (Å²) in [5.41, 5.74) is 2.01. The van der Waals surface area contributed by atoms with Gasteiger partial charge in [0.25, 0.3) is 0 Å². The summed E-state index contributed by atoms with van der Waals surface area (Å²) in [5, 5.41) is 2.61. The zero-order chi connectivity index (χ0) is 27.2. The highest BCUT2D eigenvalue weighted by Crippen LogP contribution is 2.49. The van der Waals surface area contributed by atoms with Crippen LogP contribution in [-0.2, 0) is 9.59 Å². The van der Waals surface area contributed by atoms with E-state index >= 15 is 0 Å². The normalized spacial score (nSPS) is 14.7. The van der Waals surface area contributed by atoms with Crippen LogP contribution >= 0.6 is 11.8 Å². The summed E-state index contributed by atoms with van der Waals surface area (Å²) >= 11 is 1.55. The largest absolute Gasteiger partial charge is 0.497 e. The van der Waals surface area contributed by atoms with E-state index in [1.165, 1.54) is 12.0 Å². The summed E-state index contributed by atoms with van der Waals surface area (Å²) in [6.45, 7) is -0.159. The third-order valence-corrected chi connectivity index (χ3v) is 7.45. The molecule has 1 heterocycles. The van der Waals surface area contributed by atoms with Gasteiger partial charge in [-0.15, -0.1) is 11.8 Å². The van der Waals surface area contributed by atoms with Crippen molar-refractivity contribution in [1.82, 2.24) is 0 Å². The lowest BCUT2D eigenvalue weighted by atomic mass is 10.1. The number of fused-ring (bicyclic) bond motifs is 1. The number of ether oxygens (including phenoxy) is 5. The Kier molecular flexibility index (Phi) is 8.52. The SMILES string of the molecule is COc1ccc(NC(=O)CN2C(=O)C[C@H](c3cc(OC)c(OC)c(OC)c3)Sc3ccccc32)c(OC)c1. The minimum absolute atomic E-state index is 0.159. The summed E-state index contributed by atoms with van der Waals surface area (Å²) in [6.07, 6.45) is 0.164. The second kappa shape index (κ2) is 12.0. The molecule has 3 aromatic rings. The molecule has 0 saturated heterocycles. The molecule has 38 heavy (non-hydrogen) atoms. The van der Waals surface area contributed by atoms with Crippen LogP contribution < -0.4 is 33.9 Å². The summed E-state index contributed by atoms with van der Waals surface area (Å²) in [5.74, 6) is 2.03. The minimum Gasteiger partial charge on any atom is -0.497 e. The molecule has 3 aromatic carbocycles. The van der Waals surface area contributed by atoms with E-state index in [2.05, 4.69) is 5.32 Å². The number of methoxy groups -OCH3 is 5. The van der Waals surface area contributed by atoms with Gasteiger partial charge in [0, 0.05) is 22.6 Å². The first-order valence-electron chi connectivity index (χ1n) is 11.8. The van der Waals surface area contributed by atoms with E-state index in [1.54, 1.807) is 58.4 Å². The Bertz CT molecular complexity index is 1310. The number of hydrogen-bond acceptors (Lipinski definition) is 8. The number of anilines is 2. The second-order valence-electron chi connectivity index (χ2n) is 8.33. The standard InChI is InChI=1S/C28H30N2O7S/c1-33-18-10-11-19(21(14-18)34-2)29-26(31)16-30-20-8-6-7-9-24(20)38-25(15-27(30)32)17-12-22(35-3)28(37-5)23(13-17)36-4/h6-14,25H,15-16H2,1-5H3,(H,29,31)/t25-/m1/s1. The van der Waals surface area contributed by atoms with Crippen molar-refractivity contribution in [2.45, 2.75) is 16.6 Å². The third-order valence-electron chi connectivity index (χ3n) is 6.13. The number of nitrogens with one attached hydrogen (secondary N) is 1. The van der Waals surface area contributed by atoms with E-state index in [0.29, 0.717) is 40.1 Å². The highest BCUT2D eigenvalue weighted by Gasteiger charge is 2.31. The Balaban J connectivity index is 1.62. The highest BCUT2D eigenvalue weighted by molar-refractivity contribution is 7.99. The number of thioether (sulfide) groups is 1. The molecule has 0 bridgehead atoms. The lowest BCUT2D eigenvalue weighted by Gasteiger charge is -2.22. The van der Waals surface area contributed by atoms with Crippen molar-refractivity contribution in [3.05, 3.63) is 60.2 Å². The quantitative estimate of drug-likeness (QED) is 0.410. The van der Waals surface area contributed by atoms with Crippen LogP contribution in [0.25, 0.3) is 0 Å². The van der Waals surface area contributed by atoms with Crippen molar-refractivity contribution < 1.29 is 33.3 Å². The van der Waals surface area contributed by atoms with Crippen molar-refractivity contribution in [1.29, 1.82) is 0 Å². The van der Waals surface area contributed by atoms with Crippen molar-refractivity contribution >= 4 is 35.0 Å². The van der Waals surface area contributed by atoms with Crippen LogP contribution in [0.3, 0.4) is 0 Å². The van der Waals surface area contributed by atoms with E-state index in [4.69, 9.17) is 23.7 Å². The van der Waals surface area contributed by atoms with Crippen LogP contribution in [0.15, 0.2) is 59.5 Å². The maximum atomic E-state index is 13.6. The van der Waals surface area contributed by atoms with Gasteiger partial charge >= 0.3 is 0 Å². The van der Waals surface area contributed by atoms with Crippen LogP contribution in [0.1, 0.15) is 17.2 Å². The molecule has 0 saturated carbocycles. The number of carbonyl (C=O) groups is 2. The monoisotopic (exact) mass is 538 g/mol. The average Bonchev–Trinajstić information content (AvgIpc) is 3.08. The fourth-order valence-electron chi connectivity index (χ4n) is 4.26. The van der Waals surface area contributed by atoms with E-state index in [1.807, 2.05) is 36.4 Å². The maximum absolute atomic E-state index is 13.6. The summed E-state index contributed by atoms with van der Waals surface area (Å²) in [7, 11) is 7.73. The lowest BCUT2D eigenvalue weighted by Crippen LogP contribution is -2.38. The molecule has 9 nitrogen and oxygen atoms in total. The number of para-hydroxylation sites is 1. The molecule has 10 heteroatoms. The molecule has 1 N–H and O–H groups in total. The van der Waals surface area contributed by atoms with Crippen molar-refractivity contribution in [3.63, 3.8) is 0 Å². The van der Waals surface area contributed by atoms with Crippen molar-refractivity contribution in [2.75, 3.05) is 52.3 Å². The van der Waals surface area contributed by atoms with Gasteiger partial charge in [-0.3, -0.25) is 9.59 Å². The topological polar surface area (TPSA) is 95.6 Å². The molecule has 200 valence electrons. The molecular weight excluding hydrogens is 508 g/mol. The first kappa shape index (κ1) is 27.0. The second-order valence-corrected chi connectivity index (χ2v) is 9.58. The van der Waals surface area contributed by atoms with Crippen LogP contribution in [0.5, 0.6) is 28.7 Å². The Morgan fingerprint density at radius 1 is 0.895 bits per heavy atom. The summed E-state index contributed by atoms with van der Waals surface area (Å²) in [6, 6.07) is 16.4. The number of benzene rings is 3. The fraction of sp³-hybridized carbons (Fsp3) is 0.286. The Labute approximate surface area is 226 Å². The molecule has 0 spiro atoms. The highest BCUT2D eigenvalue weighted by atomic mass is 32.2. The van der Waals surface area contributed by atoms with Gasteiger partial charge in [0.1, 0.15) is 18.0 Å². The number of rotatable bonds is 9. The van der Waals surface area contributed by atoms with Gasteiger partial charge in [0.15, 0.2) is 11.5 Å². The first-order chi connectivity index (χ1) is 18.4. The third kappa shape index (κ3) is 5.60. The van der Waals surface area contributed by atoms with E-state index < -0.39 is 0 Å². The van der Waals surface area contributed by atoms with Gasteiger partial charge in [-0.25, -0.2) is 0 Å². The zero-order valence-electron chi connectivity index (χ0n) is 21.9. The van der Waals surface area contributed by atoms with Crippen LogP contribution in [-0.4, -0.2) is 53.9 Å². The van der Waals surface area contributed by atoms with Gasteiger partial charge in [-0.05, 0) is 42.0 Å². The summed E-state index contributed by atoms with van der Waals surface area (Å²) in [4.78, 5) is 29.1. The molecule has 1 aliphatic heterocycles. The molecule has 1 aliphatic rings. The minimum atomic E-state index is -0.354. The van der Waals surface area contributed by atoms with Crippen LogP contribution in [0.2, 0.25) is 0 Å². The molecule has 4 rings (SSSR count). The predicted molar refractivity (Wildman–Crippen MR) is 146 cm³/mol. The Morgan fingerprint density at radius 3 is 2.21 bits per heavy atom. The van der Waals surface area contributed by atoms with Gasteiger partial charge in [0.05, 0.1) is 46.9 Å². The predicted octanol–water partition coefficient (Wildman–Crippen LogP) is 4.94. The molecule has 0 radical (unpaired) electrons. The van der Waals surface area contributed by atoms with Crippen LogP contribution in [0.4, 0.5) is 11.4 Å². The Morgan fingerprint density at radius 2 is 1.58 bits per heavy atom. The number of nitrogens with zero attached hydrogens (tertiary/aromatic N) is 1. The molecular formula is C28H30N2O7S. The first-order valence-corrected chi connectivity index (χ1v) is 12.7. The van der Waals surface area contributed by atoms with Crippen molar-refractivity contribution in [2.24, 2.45) is 0 Å². The van der Waals surface area contributed by atoms with E-state index in [0.717, 1.165) is 10.5 Å². The maximum Gasteiger partial charge on any atom is 0.244 e. The summed E-state index contributed by atoms with van der Waals surface area (Å²) < 4.78 is 27.1. The molecule has 0 unspecified atom stereocenters. The smallest absolute Gasteiger partial charge is 0.244 e. The molecule has 0 aliphatic carbocycles. The zero-order valence-corrected chi connectivity index (χ0v) is 22.7. The van der Waals surface area contributed by atoms with E-state index in [-0.39, 0.29) is 30.0 Å². The van der Waals surface area contributed by atoms with Gasteiger partial charge < -0.3 is 33.9 Å². The van der Waals surface area contributed by atoms with Gasteiger partial charge in [-0.1, -0.05) is 12.1 Å². The van der Waals surface area contributed by atoms with Gasteiger partial charge in [0.2, 0.25) is 17.6 Å². The molecule has 0 fully saturated rings. The number of hydrogen-bond donors (Lipinski definition) is 1. The number of amides is 2. The lowest BCUT2D eigenvalue weighted by molar-refractivity contribution is -0.121.